The summed E-state index contributed by atoms with van der Waals surface area (Å²) in [4.78, 5) is 37.8. The van der Waals surface area contributed by atoms with Gasteiger partial charge < -0.3 is 14.8 Å². The largest absolute Gasteiger partial charge is 0.495 e. The smallest absolute Gasteiger partial charge is 0.306 e. The predicted molar refractivity (Wildman–Crippen MR) is 105 cm³/mol. The molecule has 0 saturated carbocycles. The Morgan fingerprint density at radius 2 is 1.89 bits per heavy atom. The van der Waals surface area contributed by atoms with E-state index >= 15 is 0 Å². The Morgan fingerprint density at radius 1 is 1.15 bits per heavy atom. The molecule has 0 radical (unpaired) electrons. The zero-order chi connectivity index (χ0) is 20.0. The molecule has 0 aliphatic carbocycles. The first-order valence-corrected chi connectivity index (χ1v) is 9.39. The monoisotopic (exact) mass is 409 g/mol. The lowest BCUT2D eigenvalue weighted by Crippen LogP contribution is -2.21. The van der Waals surface area contributed by atoms with E-state index < -0.39 is 18.5 Å². The minimum absolute atomic E-state index is 0.0472. The van der Waals surface area contributed by atoms with Crippen LogP contribution in [0.4, 0.5) is 5.69 Å². The van der Waals surface area contributed by atoms with E-state index in [4.69, 9.17) is 21.1 Å². The highest BCUT2D eigenvalue weighted by atomic mass is 35.5. The van der Waals surface area contributed by atoms with Gasteiger partial charge in [0.2, 0.25) is 0 Å². The molecule has 144 valence electrons. The molecule has 2 aromatic rings. The summed E-state index contributed by atoms with van der Waals surface area (Å²) in [6, 6.07) is 6.59. The van der Waals surface area contributed by atoms with Gasteiger partial charge in [0.25, 0.3) is 5.91 Å². The Balaban J connectivity index is 1.76. The molecule has 1 aromatic carbocycles. The van der Waals surface area contributed by atoms with Crippen LogP contribution in [0.25, 0.3) is 0 Å². The van der Waals surface area contributed by atoms with Crippen LogP contribution in [0.5, 0.6) is 5.75 Å². The van der Waals surface area contributed by atoms with Crippen LogP contribution in [-0.2, 0) is 14.3 Å². The molecule has 6 nitrogen and oxygen atoms in total. The molecule has 27 heavy (non-hydrogen) atoms. The fourth-order valence-electron chi connectivity index (χ4n) is 2.42. The maximum Gasteiger partial charge on any atom is 0.306 e. The quantitative estimate of drug-likeness (QED) is 0.522. The van der Waals surface area contributed by atoms with Gasteiger partial charge >= 0.3 is 5.97 Å². The van der Waals surface area contributed by atoms with Gasteiger partial charge in [-0.2, -0.15) is 0 Å². The molecule has 1 heterocycles. The third-order valence-corrected chi connectivity index (χ3v) is 4.96. The van der Waals surface area contributed by atoms with Crippen LogP contribution in [0.3, 0.4) is 0 Å². The maximum absolute atomic E-state index is 12.1. The van der Waals surface area contributed by atoms with Crippen molar-refractivity contribution in [2.45, 2.75) is 26.7 Å². The Hall–Kier alpha value is -2.38. The summed E-state index contributed by atoms with van der Waals surface area (Å²) in [5, 5.41) is 2.92. The van der Waals surface area contributed by atoms with E-state index in [9.17, 15) is 14.4 Å². The molecule has 1 N–H and O–H groups in total. The zero-order valence-corrected chi connectivity index (χ0v) is 16.8. The fraction of sp³-hybridized carbons (Fsp3) is 0.316. The number of ether oxygens (including phenoxy) is 2. The number of hydrogen-bond donors (Lipinski definition) is 1. The Kier molecular flexibility index (Phi) is 7.38. The van der Waals surface area contributed by atoms with Crippen molar-refractivity contribution in [3.8, 4) is 5.75 Å². The summed E-state index contributed by atoms with van der Waals surface area (Å²) in [7, 11) is 1.49. The number of methoxy groups -OCH3 is 1. The van der Waals surface area contributed by atoms with Gasteiger partial charge in [-0.1, -0.05) is 11.6 Å². The van der Waals surface area contributed by atoms with E-state index in [0.29, 0.717) is 22.0 Å². The van der Waals surface area contributed by atoms with Crippen LogP contribution in [0.15, 0.2) is 24.3 Å². The molecule has 1 amide bonds. The van der Waals surface area contributed by atoms with Crippen LogP contribution in [0, 0.1) is 13.8 Å². The molecular weight excluding hydrogens is 390 g/mol. The third kappa shape index (κ3) is 6.08. The molecule has 0 saturated heterocycles. The number of carbonyl (C=O) groups excluding carboxylic acids is 3. The van der Waals surface area contributed by atoms with Gasteiger partial charge in [-0.05, 0) is 38.1 Å². The van der Waals surface area contributed by atoms with Gasteiger partial charge in [0, 0.05) is 27.4 Å². The number of ketones is 1. The summed E-state index contributed by atoms with van der Waals surface area (Å²) in [6.45, 7) is 3.36. The van der Waals surface area contributed by atoms with Gasteiger partial charge in [-0.3, -0.25) is 14.4 Å². The number of nitrogens with one attached hydrogen (secondary N) is 1. The van der Waals surface area contributed by atoms with Gasteiger partial charge in [0.15, 0.2) is 12.4 Å². The molecule has 0 unspecified atom stereocenters. The molecule has 8 heteroatoms. The number of benzene rings is 1. The number of anilines is 1. The standard InChI is InChI=1S/C19H20ClNO5S/c1-11-8-14(12(2)27-11)16(22)5-7-19(24)26-10-18(23)21-13-4-6-17(25-3)15(20)9-13/h4,6,8-9H,5,7,10H2,1-3H3,(H,21,23). The van der Waals surface area contributed by atoms with E-state index in [1.807, 2.05) is 19.9 Å². The number of Topliss-reactive ketones (excluding diaryl/α,β-unsaturated/α-hetero) is 1. The first kappa shape index (κ1) is 20.9. The van der Waals surface area contributed by atoms with E-state index in [2.05, 4.69) is 5.32 Å². The highest BCUT2D eigenvalue weighted by molar-refractivity contribution is 7.12. The van der Waals surface area contributed by atoms with Gasteiger partial charge in [0.05, 0.1) is 18.6 Å². The normalized spacial score (nSPS) is 10.4. The topological polar surface area (TPSA) is 81.7 Å². The number of hydrogen-bond acceptors (Lipinski definition) is 6. The van der Waals surface area contributed by atoms with Crippen LogP contribution in [0.1, 0.15) is 33.0 Å². The number of aryl methyl sites for hydroxylation is 2. The van der Waals surface area contributed by atoms with Crippen molar-refractivity contribution in [3.05, 3.63) is 44.6 Å². The van der Waals surface area contributed by atoms with E-state index in [1.165, 1.54) is 13.2 Å². The first-order valence-electron chi connectivity index (χ1n) is 8.19. The Bertz CT molecular complexity index is 862. The summed E-state index contributed by atoms with van der Waals surface area (Å²) < 4.78 is 9.94. The molecular formula is C19H20ClNO5S. The van der Waals surface area contributed by atoms with Crippen molar-refractivity contribution in [3.63, 3.8) is 0 Å². The fourth-order valence-corrected chi connectivity index (χ4v) is 3.62. The van der Waals surface area contributed by atoms with Crippen LogP contribution in [0.2, 0.25) is 5.02 Å². The van der Waals surface area contributed by atoms with Crippen LogP contribution >= 0.6 is 22.9 Å². The zero-order valence-electron chi connectivity index (χ0n) is 15.3. The number of carbonyl (C=O) groups is 3. The summed E-state index contributed by atoms with van der Waals surface area (Å²) in [6.07, 6.45) is -0.0274. The van der Waals surface area contributed by atoms with Crippen molar-refractivity contribution in [2.75, 3.05) is 19.0 Å². The van der Waals surface area contributed by atoms with Crippen molar-refractivity contribution in [1.29, 1.82) is 0 Å². The van der Waals surface area contributed by atoms with E-state index in [1.54, 1.807) is 23.5 Å². The third-order valence-electron chi connectivity index (χ3n) is 3.70. The number of amides is 1. The maximum atomic E-state index is 12.1. The number of halogens is 1. The van der Waals surface area contributed by atoms with Crippen molar-refractivity contribution in [1.82, 2.24) is 0 Å². The Morgan fingerprint density at radius 3 is 2.48 bits per heavy atom. The van der Waals surface area contributed by atoms with E-state index in [0.717, 1.165) is 9.75 Å². The molecule has 0 spiro atoms. The summed E-state index contributed by atoms with van der Waals surface area (Å²) in [5.74, 6) is -0.718. The lowest BCUT2D eigenvalue weighted by molar-refractivity contribution is -0.147. The molecule has 2 rings (SSSR count). The number of esters is 1. The lowest BCUT2D eigenvalue weighted by atomic mass is 10.1. The Labute approximate surface area is 166 Å². The van der Waals surface area contributed by atoms with Gasteiger partial charge in [-0.25, -0.2) is 0 Å². The van der Waals surface area contributed by atoms with Crippen LogP contribution in [-0.4, -0.2) is 31.4 Å². The number of thiophene rings is 1. The first-order chi connectivity index (χ1) is 12.8. The highest BCUT2D eigenvalue weighted by Gasteiger charge is 2.15. The molecule has 0 bridgehead atoms. The minimum Gasteiger partial charge on any atom is -0.495 e. The van der Waals surface area contributed by atoms with E-state index in [-0.39, 0.29) is 18.6 Å². The van der Waals surface area contributed by atoms with Crippen molar-refractivity contribution < 1.29 is 23.9 Å². The van der Waals surface area contributed by atoms with Gasteiger partial charge in [0.1, 0.15) is 5.75 Å². The lowest BCUT2D eigenvalue weighted by Gasteiger charge is -2.08. The molecule has 0 aliphatic rings. The second-order valence-corrected chi connectivity index (χ2v) is 7.68. The van der Waals surface area contributed by atoms with Gasteiger partial charge in [-0.15, -0.1) is 11.3 Å². The summed E-state index contributed by atoms with van der Waals surface area (Å²) in [5.41, 5.74) is 1.10. The molecule has 1 aromatic heterocycles. The van der Waals surface area contributed by atoms with Crippen molar-refractivity contribution in [2.24, 2.45) is 0 Å². The van der Waals surface area contributed by atoms with Crippen LogP contribution < -0.4 is 10.1 Å². The second-order valence-electron chi connectivity index (χ2n) is 5.81. The molecule has 0 aliphatic heterocycles. The SMILES string of the molecule is COc1ccc(NC(=O)COC(=O)CCC(=O)c2cc(C)sc2C)cc1Cl. The summed E-state index contributed by atoms with van der Waals surface area (Å²) >= 11 is 7.52. The predicted octanol–water partition coefficient (Wildman–Crippen LogP) is 4.17. The highest BCUT2D eigenvalue weighted by Crippen LogP contribution is 2.27. The van der Waals surface area contributed by atoms with Crippen molar-refractivity contribution >= 4 is 46.3 Å². The average molecular weight is 410 g/mol. The number of rotatable bonds is 8. The second kappa shape index (κ2) is 9.53. The average Bonchev–Trinajstić information content (AvgIpc) is 2.96. The molecule has 0 atom stereocenters. The minimum atomic E-state index is -0.601. The molecule has 0 fully saturated rings.